The first kappa shape index (κ1) is 6.35. The molecule has 0 saturated heterocycles. The Balaban J connectivity index is 0.000000250. The average Bonchev–Trinajstić information content (AvgIpc) is 1.76. The molecule has 0 aliphatic heterocycles. The van der Waals surface area contributed by atoms with Crippen molar-refractivity contribution < 1.29 is 29.6 Å². The third kappa shape index (κ3) is 1.71. The van der Waals surface area contributed by atoms with Crippen LogP contribution in [0.5, 0.6) is 0 Å². The van der Waals surface area contributed by atoms with Gasteiger partial charge in [-0.25, -0.2) is 12.1 Å². The SMILES string of the molecule is [Na+].c1cc[cH-]c1. The fourth-order valence-electron chi connectivity index (χ4n) is 0.321. The van der Waals surface area contributed by atoms with E-state index in [1.807, 2.05) is 30.3 Å². The van der Waals surface area contributed by atoms with E-state index in [2.05, 4.69) is 0 Å². The fraction of sp³-hybridized carbons (Fsp3) is 0. The van der Waals surface area contributed by atoms with Gasteiger partial charge in [0.2, 0.25) is 0 Å². The van der Waals surface area contributed by atoms with Crippen LogP contribution in [0.2, 0.25) is 0 Å². The molecule has 0 N–H and O–H groups in total. The Labute approximate surface area is 59.8 Å². The van der Waals surface area contributed by atoms with E-state index < -0.39 is 0 Å². The minimum Gasteiger partial charge on any atom is -0.214 e. The van der Waals surface area contributed by atoms with Gasteiger partial charge in [0.15, 0.2) is 0 Å². The van der Waals surface area contributed by atoms with Crippen molar-refractivity contribution in [3.63, 3.8) is 0 Å². The molecule has 1 heteroatoms. The summed E-state index contributed by atoms with van der Waals surface area (Å²) in [6, 6.07) is 10.0. The largest absolute Gasteiger partial charge is 1.00 e. The van der Waals surface area contributed by atoms with Crippen LogP contribution in [0.15, 0.2) is 30.3 Å². The molecule has 0 unspecified atom stereocenters. The van der Waals surface area contributed by atoms with Gasteiger partial charge < -0.3 is 0 Å². The summed E-state index contributed by atoms with van der Waals surface area (Å²) in [5, 5.41) is 0. The first-order valence-electron chi connectivity index (χ1n) is 1.67. The van der Waals surface area contributed by atoms with Gasteiger partial charge in [0.25, 0.3) is 0 Å². The molecule has 0 fully saturated rings. The third-order valence-corrected chi connectivity index (χ3v) is 0.556. The maximum Gasteiger partial charge on any atom is 1.00 e. The Morgan fingerprint density at radius 2 is 1.50 bits per heavy atom. The van der Waals surface area contributed by atoms with E-state index in [4.69, 9.17) is 0 Å². The van der Waals surface area contributed by atoms with Crippen LogP contribution in [0.3, 0.4) is 0 Å². The van der Waals surface area contributed by atoms with Crippen LogP contribution in [-0.4, -0.2) is 0 Å². The molecule has 0 atom stereocenters. The number of hydrogen-bond acceptors (Lipinski definition) is 0. The summed E-state index contributed by atoms with van der Waals surface area (Å²) >= 11 is 0. The van der Waals surface area contributed by atoms with Gasteiger partial charge in [-0.05, 0) is 0 Å². The van der Waals surface area contributed by atoms with Crippen molar-refractivity contribution in [3.05, 3.63) is 30.3 Å². The second-order valence-corrected chi connectivity index (χ2v) is 0.962. The van der Waals surface area contributed by atoms with Crippen molar-refractivity contribution >= 4 is 0 Å². The Hall–Kier alpha value is 0.350. The van der Waals surface area contributed by atoms with Gasteiger partial charge >= 0.3 is 29.6 Å². The maximum absolute atomic E-state index is 2.00. The first-order chi connectivity index (χ1) is 2.50. The molecule has 0 aliphatic rings. The van der Waals surface area contributed by atoms with Crippen molar-refractivity contribution in [2.75, 3.05) is 0 Å². The summed E-state index contributed by atoms with van der Waals surface area (Å²) in [6.45, 7) is 0. The molecule has 26 valence electrons. The summed E-state index contributed by atoms with van der Waals surface area (Å²) in [5.41, 5.74) is 0. The normalized spacial score (nSPS) is 6.67. The van der Waals surface area contributed by atoms with Gasteiger partial charge in [-0.3, -0.25) is 0 Å². The fourth-order valence-corrected chi connectivity index (χ4v) is 0.321. The van der Waals surface area contributed by atoms with E-state index in [1.165, 1.54) is 0 Å². The van der Waals surface area contributed by atoms with Gasteiger partial charge in [-0.15, -0.1) is 0 Å². The maximum atomic E-state index is 2.00. The molecule has 0 amide bonds. The molecule has 0 nitrogen and oxygen atoms in total. The van der Waals surface area contributed by atoms with Gasteiger partial charge in [-0.2, -0.15) is 18.2 Å². The zero-order valence-corrected chi connectivity index (χ0v) is 5.89. The summed E-state index contributed by atoms with van der Waals surface area (Å²) in [7, 11) is 0. The second kappa shape index (κ2) is 3.54. The van der Waals surface area contributed by atoms with Crippen LogP contribution in [-0.2, 0) is 0 Å². The van der Waals surface area contributed by atoms with E-state index >= 15 is 0 Å². The van der Waals surface area contributed by atoms with Crippen LogP contribution >= 0.6 is 0 Å². The smallest absolute Gasteiger partial charge is 0.214 e. The summed E-state index contributed by atoms with van der Waals surface area (Å²) in [4.78, 5) is 0. The van der Waals surface area contributed by atoms with Crippen LogP contribution in [0.1, 0.15) is 0 Å². The Morgan fingerprint density at radius 3 is 1.67 bits per heavy atom. The first-order valence-corrected chi connectivity index (χ1v) is 1.67. The van der Waals surface area contributed by atoms with Gasteiger partial charge in [0, 0.05) is 0 Å². The molecule has 1 aromatic carbocycles. The molecule has 0 aliphatic carbocycles. The van der Waals surface area contributed by atoms with Gasteiger partial charge in [-0.1, -0.05) is 0 Å². The van der Waals surface area contributed by atoms with E-state index in [1.54, 1.807) is 0 Å². The van der Waals surface area contributed by atoms with Crippen molar-refractivity contribution in [3.8, 4) is 0 Å². The topological polar surface area (TPSA) is 0 Å². The Morgan fingerprint density at radius 1 is 1.00 bits per heavy atom. The Bertz CT molecular complexity index is 60.4. The molecule has 1 aromatic rings. The predicted octanol–water partition coefficient (Wildman–Crippen LogP) is -1.59. The summed E-state index contributed by atoms with van der Waals surface area (Å²) < 4.78 is 0. The van der Waals surface area contributed by atoms with Crippen LogP contribution in [0.25, 0.3) is 0 Å². The molecule has 1 rings (SSSR count). The zero-order chi connectivity index (χ0) is 3.54. The minimum atomic E-state index is 0. The molecule has 0 bridgehead atoms. The van der Waals surface area contributed by atoms with E-state index in [0.717, 1.165) is 0 Å². The number of rotatable bonds is 0. The van der Waals surface area contributed by atoms with Crippen molar-refractivity contribution in [2.45, 2.75) is 0 Å². The molecule has 0 heterocycles. The number of hydrogen-bond donors (Lipinski definition) is 0. The summed E-state index contributed by atoms with van der Waals surface area (Å²) in [6.07, 6.45) is 0. The van der Waals surface area contributed by atoms with Gasteiger partial charge in [0.1, 0.15) is 0 Å². The molecule has 0 aromatic heterocycles. The predicted molar refractivity (Wildman–Crippen MR) is 22.0 cm³/mol. The summed E-state index contributed by atoms with van der Waals surface area (Å²) in [5.74, 6) is 0. The minimum absolute atomic E-state index is 0. The van der Waals surface area contributed by atoms with Crippen molar-refractivity contribution in [1.82, 2.24) is 0 Å². The van der Waals surface area contributed by atoms with Crippen LogP contribution in [0, 0.1) is 0 Å². The van der Waals surface area contributed by atoms with Gasteiger partial charge in [0.05, 0.1) is 0 Å². The Kier molecular flexibility index (Phi) is 3.74. The standard InChI is InChI=1S/C5H5.Na/c1-2-4-5-3-1;/h1-5H;/q-1;+1. The average molecular weight is 88.1 g/mol. The second-order valence-electron chi connectivity index (χ2n) is 0.962. The van der Waals surface area contributed by atoms with Crippen molar-refractivity contribution in [1.29, 1.82) is 0 Å². The van der Waals surface area contributed by atoms with Crippen molar-refractivity contribution in [2.24, 2.45) is 0 Å². The molecule has 0 saturated carbocycles. The van der Waals surface area contributed by atoms with E-state index in [-0.39, 0.29) is 29.6 Å². The van der Waals surface area contributed by atoms with Crippen LogP contribution < -0.4 is 29.6 Å². The third-order valence-electron chi connectivity index (χ3n) is 0.556. The molecular formula is C5H5Na. The van der Waals surface area contributed by atoms with E-state index in [0.29, 0.717) is 0 Å². The molecule has 0 radical (unpaired) electrons. The monoisotopic (exact) mass is 88.0 g/mol. The molecule has 0 spiro atoms. The zero-order valence-electron chi connectivity index (χ0n) is 3.89. The van der Waals surface area contributed by atoms with E-state index in [9.17, 15) is 0 Å². The molecular weight excluding hydrogens is 83.0 g/mol. The quantitative estimate of drug-likeness (QED) is 0.265. The molecule has 6 heavy (non-hydrogen) atoms. The van der Waals surface area contributed by atoms with Crippen LogP contribution in [0.4, 0.5) is 0 Å².